The predicted molar refractivity (Wildman–Crippen MR) is 130 cm³/mol. The Bertz CT molecular complexity index is 1140. The van der Waals surface area contributed by atoms with Gasteiger partial charge in [-0.15, -0.1) is 0 Å². The van der Waals surface area contributed by atoms with Gasteiger partial charge in [0.05, 0.1) is 10.5 Å². The maximum atomic E-state index is 13.0. The summed E-state index contributed by atoms with van der Waals surface area (Å²) < 4.78 is 65.8. The number of benzene rings is 2. The molecule has 0 radical (unpaired) electrons. The Labute approximate surface area is 205 Å². The van der Waals surface area contributed by atoms with Gasteiger partial charge in [0.1, 0.15) is 0 Å². The highest BCUT2D eigenvalue weighted by Crippen LogP contribution is 2.31. The summed E-state index contributed by atoms with van der Waals surface area (Å²) in [7, 11) is -3.83. The molecule has 2 aliphatic heterocycles. The SMILES string of the molecule is O=S(=O)(c1ccc(C(F)(F)F)cc1)N1CCN(c2ccc3c(c2)CCN(C2CCCC2)CC3)CC1. The molecule has 5 rings (SSSR count). The Balaban J connectivity index is 1.22. The molecule has 2 fully saturated rings. The van der Waals surface area contributed by atoms with Crippen LogP contribution >= 0.6 is 0 Å². The fourth-order valence-electron chi connectivity index (χ4n) is 5.71. The second-order valence-electron chi connectivity index (χ2n) is 9.84. The number of hydrogen-bond acceptors (Lipinski definition) is 4. The molecule has 0 amide bonds. The van der Waals surface area contributed by atoms with Crippen LogP contribution in [0, 0.1) is 0 Å². The maximum Gasteiger partial charge on any atom is 0.416 e. The lowest BCUT2D eigenvalue weighted by molar-refractivity contribution is -0.137. The smallest absolute Gasteiger partial charge is 0.369 e. The number of alkyl halides is 3. The van der Waals surface area contributed by atoms with E-state index in [0.29, 0.717) is 26.2 Å². The first-order valence-electron chi connectivity index (χ1n) is 12.5. The van der Waals surface area contributed by atoms with E-state index in [9.17, 15) is 21.6 Å². The van der Waals surface area contributed by atoms with Crippen LogP contribution in [0.5, 0.6) is 0 Å². The van der Waals surface area contributed by atoms with Crippen LogP contribution in [0.2, 0.25) is 0 Å². The average Bonchev–Trinajstić information content (AvgIpc) is 3.31. The molecule has 1 aliphatic carbocycles. The summed E-state index contributed by atoms with van der Waals surface area (Å²) in [6.45, 7) is 3.92. The van der Waals surface area contributed by atoms with E-state index >= 15 is 0 Å². The lowest BCUT2D eigenvalue weighted by Gasteiger charge is -2.35. The molecule has 2 heterocycles. The Kier molecular flexibility index (Phi) is 6.85. The third kappa shape index (κ3) is 5.22. The average molecular weight is 508 g/mol. The van der Waals surface area contributed by atoms with Gasteiger partial charge in [-0.3, -0.25) is 4.90 Å². The summed E-state index contributed by atoms with van der Waals surface area (Å²) in [6, 6.07) is 11.1. The van der Waals surface area contributed by atoms with Crippen molar-refractivity contribution in [2.24, 2.45) is 0 Å². The number of anilines is 1. The number of piperazine rings is 1. The Morgan fingerprint density at radius 3 is 2.03 bits per heavy atom. The minimum Gasteiger partial charge on any atom is -0.369 e. The van der Waals surface area contributed by atoms with Crippen LogP contribution in [0.3, 0.4) is 0 Å². The number of rotatable bonds is 4. The van der Waals surface area contributed by atoms with E-state index in [1.807, 2.05) is 0 Å². The first kappa shape index (κ1) is 24.6. The van der Waals surface area contributed by atoms with E-state index in [1.165, 1.54) is 41.1 Å². The number of sulfonamides is 1. The summed E-state index contributed by atoms with van der Waals surface area (Å²) >= 11 is 0. The molecule has 190 valence electrons. The van der Waals surface area contributed by atoms with Gasteiger partial charge in [0.2, 0.25) is 10.0 Å². The molecule has 0 N–H and O–H groups in total. The monoisotopic (exact) mass is 507 g/mol. The lowest BCUT2D eigenvalue weighted by Crippen LogP contribution is -2.48. The molecule has 0 spiro atoms. The molecule has 0 atom stereocenters. The van der Waals surface area contributed by atoms with Gasteiger partial charge in [-0.2, -0.15) is 17.5 Å². The van der Waals surface area contributed by atoms with Crippen molar-refractivity contribution in [3.63, 3.8) is 0 Å². The first-order chi connectivity index (χ1) is 16.7. The van der Waals surface area contributed by atoms with Crippen LogP contribution in [-0.4, -0.2) is 62.9 Å². The Morgan fingerprint density at radius 2 is 1.40 bits per heavy atom. The number of hydrogen-bond donors (Lipinski definition) is 0. The molecule has 1 saturated carbocycles. The minimum atomic E-state index is -4.49. The summed E-state index contributed by atoms with van der Waals surface area (Å²) in [5.41, 5.74) is 3.07. The highest BCUT2D eigenvalue weighted by molar-refractivity contribution is 7.89. The van der Waals surface area contributed by atoms with Crippen LogP contribution in [0.15, 0.2) is 47.4 Å². The van der Waals surface area contributed by atoms with E-state index in [-0.39, 0.29) is 4.90 Å². The highest BCUT2D eigenvalue weighted by atomic mass is 32.2. The van der Waals surface area contributed by atoms with Crippen molar-refractivity contribution in [3.8, 4) is 0 Å². The first-order valence-corrected chi connectivity index (χ1v) is 13.9. The van der Waals surface area contributed by atoms with E-state index in [4.69, 9.17) is 0 Å². The third-order valence-electron chi connectivity index (χ3n) is 7.79. The van der Waals surface area contributed by atoms with Gasteiger partial charge < -0.3 is 4.90 Å². The van der Waals surface area contributed by atoms with E-state index in [1.54, 1.807) is 0 Å². The third-order valence-corrected chi connectivity index (χ3v) is 9.70. The van der Waals surface area contributed by atoms with Crippen molar-refractivity contribution in [2.75, 3.05) is 44.2 Å². The van der Waals surface area contributed by atoms with Crippen molar-refractivity contribution >= 4 is 15.7 Å². The quantitative estimate of drug-likeness (QED) is 0.609. The van der Waals surface area contributed by atoms with Crippen LogP contribution < -0.4 is 4.90 Å². The van der Waals surface area contributed by atoms with Crippen LogP contribution in [-0.2, 0) is 29.0 Å². The highest BCUT2D eigenvalue weighted by Gasteiger charge is 2.33. The zero-order valence-corrected chi connectivity index (χ0v) is 20.6. The van der Waals surface area contributed by atoms with Gasteiger partial charge in [0, 0.05) is 51.0 Å². The van der Waals surface area contributed by atoms with Gasteiger partial charge in [0.25, 0.3) is 0 Å². The van der Waals surface area contributed by atoms with Crippen molar-refractivity contribution in [1.82, 2.24) is 9.21 Å². The number of fused-ring (bicyclic) bond motifs is 1. The maximum absolute atomic E-state index is 13.0. The molecule has 3 aliphatic rings. The number of nitrogens with zero attached hydrogens (tertiary/aromatic N) is 3. The molecule has 2 aromatic carbocycles. The van der Waals surface area contributed by atoms with Crippen molar-refractivity contribution < 1.29 is 21.6 Å². The van der Waals surface area contributed by atoms with Crippen LogP contribution in [0.1, 0.15) is 42.4 Å². The van der Waals surface area contributed by atoms with Crippen molar-refractivity contribution in [3.05, 3.63) is 59.2 Å². The standard InChI is InChI=1S/C26H32F3N3O2S/c27-26(28,29)22-6-9-25(10-7-22)35(33,34)32-17-15-31(16-18-32)24-8-5-20-11-13-30(14-12-21(20)19-24)23-3-1-2-4-23/h5-10,19,23H,1-4,11-18H2. The van der Waals surface area contributed by atoms with E-state index < -0.39 is 21.8 Å². The molecule has 35 heavy (non-hydrogen) atoms. The summed E-state index contributed by atoms with van der Waals surface area (Å²) in [5.74, 6) is 0. The second kappa shape index (κ2) is 9.75. The molecular weight excluding hydrogens is 475 g/mol. The van der Waals surface area contributed by atoms with E-state index in [2.05, 4.69) is 28.0 Å². The zero-order chi connectivity index (χ0) is 24.6. The number of halogens is 3. The van der Waals surface area contributed by atoms with Gasteiger partial charge in [-0.1, -0.05) is 18.9 Å². The zero-order valence-electron chi connectivity index (χ0n) is 19.8. The molecule has 0 bridgehead atoms. The predicted octanol–water partition coefficient (Wildman–Crippen LogP) is 4.56. The van der Waals surface area contributed by atoms with E-state index in [0.717, 1.165) is 61.9 Å². The normalized spacial score (nSPS) is 21.2. The van der Waals surface area contributed by atoms with Gasteiger partial charge in [-0.25, -0.2) is 8.42 Å². The molecule has 0 unspecified atom stereocenters. The lowest BCUT2D eigenvalue weighted by atomic mass is 10.0. The fraction of sp³-hybridized carbons (Fsp3) is 0.538. The van der Waals surface area contributed by atoms with Crippen LogP contribution in [0.4, 0.5) is 18.9 Å². The molecular formula is C26H32F3N3O2S. The van der Waals surface area contributed by atoms with Crippen molar-refractivity contribution in [2.45, 2.75) is 55.6 Å². The van der Waals surface area contributed by atoms with Gasteiger partial charge >= 0.3 is 6.18 Å². The Morgan fingerprint density at radius 1 is 0.771 bits per heavy atom. The molecule has 9 heteroatoms. The van der Waals surface area contributed by atoms with Crippen molar-refractivity contribution in [1.29, 1.82) is 0 Å². The molecule has 0 aromatic heterocycles. The van der Waals surface area contributed by atoms with Crippen LogP contribution in [0.25, 0.3) is 0 Å². The Hall–Kier alpha value is -2.10. The molecule has 5 nitrogen and oxygen atoms in total. The second-order valence-corrected chi connectivity index (χ2v) is 11.8. The fourth-order valence-corrected chi connectivity index (χ4v) is 7.13. The molecule has 2 aromatic rings. The minimum absolute atomic E-state index is 0.101. The molecule has 1 saturated heterocycles. The van der Waals surface area contributed by atoms with Gasteiger partial charge in [0.15, 0.2) is 0 Å². The largest absolute Gasteiger partial charge is 0.416 e. The topological polar surface area (TPSA) is 43.9 Å². The summed E-state index contributed by atoms with van der Waals surface area (Å²) in [5, 5.41) is 0. The van der Waals surface area contributed by atoms with Gasteiger partial charge in [-0.05, 0) is 73.2 Å². The summed E-state index contributed by atoms with van der Waals surface area (Å²) in [4.78, 5) is 4.77. The summed E-state index contributed by atoms with van der Waals surface area (Å²) in [6.07, 6.45) is 2.96.